The molecular weight excluding hydrogens is 378 g/mol. The molecule has 0 aliphatic rings. The number of benzene rings is 1. The summed E-state index contributed by atoms with van der Waals surface area (Å²) in [5.74, 6) is 0.319. The first-order valence-electron chi connectivity index (χ1n) is 8.99. The third kappa shape index (κ3) is 4.98. The van der Waals surface area contributed by atoms with Crippen LogP contribution in [0.15, 0.2) is 35.7 Å². The van der Waals surface area contributed by atoms with Gasteiger partial charge in [-0.25, -0.2) is 19.5 Å². The summed E-state index contributed by atoms with van der Waals surface area (Å²) in [6.07, 6.45) is 2.76. The molecule has 1 aromatic heterocycles. The molecule has 0 saturated carbocycles. The molecule has 2 rings (SSSR count). The number of sulfonamides is 1. The molecular formula is C19H27N5O3S. The van der Waals surface area contributed by atoms with E-state index < -0.39 is 21.2 Å². The van der Waals surface area contributed by atoms with Crippen molar-refractivity contribution in [1.82, 2.24) is 14.7 Å². The summed E-state index contributed by atoms with van der Waals surface area (Å²) >= 11 is 0. The average Bonchev–Trinajstić information content (AvgIpc) is 2.61. The van der Waals surface area contributed by atoms with Gasteiger partial charge < -0.3 is 10.2 Å². The summed E-state index contributed by atoms with van der Waals surface area (Å²) in [6, 6.07) is 4.92. The molecule has 0 saturated heterocycles. The lowest BCUT2D eigenvalue weighted by molar-refractivity contribution is 0.256. The largest absolute Gasteiger partial charge is 0.375 e. The van der Waals surface area contributed by atoms with Gasteiger partial charge in [-0.1, -0.05) is 45.9 Å². The highest BCUT2D eigenvalue weighted by molar-refractivity contribution is 7.89. The van der Waals surface area contributed by atoms with Gasteiger partial charge in [0.15, 0.2) is 0 Å². The number of urea groups is 1. The number of hydrogen-bond donors (Lipinski definition) is 2. The van der Waals surface area contributed by atoms with E-state index >= 15 is 0 Å². The van der Waals surface area contributed by atoms with Crippen LogP contribution in [0.3, 0.4) is 0 Å². The Labute approximate surface area is 166 Å². The number of aromatic nitrogens is 2. The highest BCUT2D eigenvalue weighted by atomic mass is 32.2. The molecule has 0 unspecified atom stereocenters. The van der Waals surface area contributed by atoms with Gasteiger partial charge in [0.2, 0.25) is 0 Å². The number of hydrogen-bond acceptors (Lipinski definition) is 6. The van der Waals surface area contributed by atoms with E-state index in [1.807, 2.05) is 50.6 Å². The monoisotopic (exact) mass is 405 g/mol. The molecule has 2 amide bonds. The minimum absolute atomic E-state index is 0.160. The van der Waals surface area contributed by atoms with E-state index in [1.54, 1.807) is 19.0 Å². The molecule has 28 heavy (non-hydrogen) atoms. The standard InChI is InChI=1S/C19H27N5O3S/c1-12(2)15-8-7-9-16(13(3)4)17(15)22-18(25)23-28(26,27)19-20-10-14(11-21-19)24(5)6/h7-13H,1-6H3,(H2,22,23,25). The molecule has 152 valence electrons. The fourth-order valence-corrected chi connectivity index (χ4v) is 3.45. The van der Waals surface area contributed by atoms with E-state index in [-0.39, 0.29) is 11.8 Å². The number of carbonyl (C=O) groups excluding carboxylic acids is 1. The molecule has 2 aromatic rings. The van der Waals surface area contributed by atoms with Crippen LogP contribution in [0.1, 0.15) is 50.7 Å². The molecule has 0 fully saturated rings. The van der Waals surface area contributed by atoms with Gasteiger partial charge in [0.05, 0.1) is 18.1 Å². The maximum atomic E-state index is 12.5. The van der Waals surface area contributed by atoms with E-state index in [4.69, 9.17) is 0 Å². The van der Waals surface area contributed by atoms with Crippen LogP contribution < -0.4 is 14.9 Å². The van der Waals surface area contributed by atoms with Crippen LogP contribution in [-0.2, 0) is 10.0 Å². The van der Waals surface area contributed by atoms with E-state index in [1.165, 1.54) is 12.4 Å². The zero-order valence-electron chi connectivity index (χ0n) is 17.0. The second-order valence-electron chi connectivity index (χ2n) is 7.30. The van der Waals surface area contributed by atoms with Crippen molar-refractivity contribution in [3.63, 3.8) is 0 Å². The maximum absolute atomic E-state index is 12.5. The van der Waals surface area contributed by atoms with Gasteiger partial charge in [0.25, 0.3) is 5.16 Å². The number of nitrogens with zero attached hydrogens (tertiary/aromatic N) is 3. The highest BCUT2D eigenvalue weighted by Crippen LogP contribution is 2.32. The lowest BCUT2D eigenvalue weighted by atomic mass is 9.93. The molecule has 2 N–H and O–H groups in total. The van der Waals surface area contributed by atoms with Crippen LogP contribution in [0.5, 0.6) is 0 Å². The molecule has 0 aliphatic heterocycles. The van der Waals surface area contributed by atoms with Crippen molar-refractivity contribution in [3.8, 4) is 0 Å². The molecule has 1 aromatic carbocycles. The number of amides is 2. The van der Waals surface area contributed by atoms with Crippen molar-refractivity contribution < 1.29 is 13.2 Å². The van der Waals surface area contributed by atoms with Crippen molar-refractivity contribution in [2.45, 2.75) is 44.7 Å². The first-order valence-corrected chi connectivity index (χ1v) is 10.5. The smallest absolute Gasteiger partial charge is 0.333 e. The molecule has 0 spiro atoms. The Hall–Kier alpha value is -2.68. The van der Waals surface area contributed by atoms with Crippen LogP contribution in [0, 0.1) is 0 Å². The van der Waals surface area contributed by atoms with Gasteiger partial charge in [0, 0.05) is 19.8 Å². The molecule has 1 heterocycles. The van der Waals surface area contributed by atoms with Gasteiger partial charge in [-0.05, 0) is 23.0 Å². The van der Waals surface area contributed by atoms with E-state index in [0.29, 0.717) is 11.4 Å². The second kappa shape index (κ2) is 8.55. The molecule has 0 radical (unpaired) electrons. The summed E-state index contributed by atoms with van der Waals surface area (Å²) in [5.41, 5.74) is 3.15. The number of carbonyl (C=O) groups is 1. The van der Waals surface area contributed by atoms with Crippen molar-refractivity contribution in [2.24, 2.45) is 0 Å². The Balaban J connectivity index is 2.26. The zero-order chi connectivity index (χ0) is 21.1. The van der Waals surface area contributed by atoms with Crippen molar-refractivity contribution in [2.75, 3.05) is 24.3 Å². The maximum Gasteiger partial charge on any atom is 0.333 e. The van der Waals surface area contributed by atoms with Gasteiger partial charge >= 0.3 is 16.1 Å². The van der Waals surface area contributed by atoms with E-state index in [2.05, 4.69) is 15.3 Å². The van der Waals surface area contributed by atoms with E-state index in [0.717, 1.165) is 11.1 Å². The Kier molecular flexibility index (Phi) is 6.60. The fourth-order valence-electron chi connectivity index (χ4n) is 2.68. The predicted octanol–water partition coefficient (Wildman–Crippen LogP) is 3.30. The highest BCUT2D eigenvalue weighted by Gasteiger charge is 2.23. The summed E-state index contributed by atoms with van der Waals surface area (Å²) < 4.78 is 26.9. The summed E-state index contributed by atoms with van der Waals surface area (Å²) in [5, 5.41) is 2.24. The second-order valence-corrected chi connectivity index (χ2v) is 8.87. The Morgan fingerprint density at radius 2 is 1.50 bits per heavy atom. The van der Waals surface area contributed by atoms with E-state index in [9.17, 15) is 13.2 Å². The summed E-state index contributed by atoms with van der Waals surface area (Å²) in [4.78, 5) is 21.9. The molecule has 8 nitrogen and oxygen atoms in total. The van der Waals surface area contributed by atoms with Gasteiger partial charge in [-0.2, -0.15) is 8.42 Å². The van der Waals surface area contributed by atoms with Crippen LogP contribution in [-0.4, -0.2) is 38.5 Å². The third-order valence-corrected chi connectivity index (χ3v) is 5.36. The normalized spacial score (nSPS) is 11.6. The molecule has 0 aliphatic carbocycles. The zero-order valence-corrected chi connectivity index (χ0v) is 17.8. The van der Waals surface area contributed by atoms with Crippen LogP contribution in [0.25, 0.3) is 0 Å². The summed E-state index contributed by atoms with van der Waals surface area (Å²) in [7, 11) is -0.614. The van der Waals surface area contributed by atoms with Crippen LogP contribution >= 0.6 is 0 Å². The Morgan fingerprint density at radius 1 is 1.00 bits per heavy atom. The molecule has 0 atom stereocenters. The number of anilines is 2. The molecule has 9 heteroatoms. The third-order valence-electron chi connectivity index (χ3n) is 4.21. The quantitative estimate of drug-likeness (QED) is 0.715. The van der Waals surface area contributed by atoms with Crippen molar-refractivity contribution in [3.05, 3.63) is 41.7 Å². The van der Waals surface area contributed by atoms with Crippen LogP contribution in [0.2, 0.25) is 0 Å². The number of para-hydroxylation sites is 1. The van der Waals surface area contributed by atoms with Crippen LogP contribution in [0.4, 0.5) is 16.2 Å². The topological polar surface area (TPSA) is 104 Å². The number of nitrogens with one attached hydrogen (secondary N) is 2. The van der Waals surface area contributed by atoms with Crippen molar-refractivity contribution >= 4 is 27.4 Å². The van der Waals surface area contributed by atoms with Gasteiger partial charge in [0.1, 0.15) is 0 Å². The average molecular weight is 406 g/mol. The predicted molar refractivity (Wildman–Crippen MR) is 110 cm³/mol. The first kappa shape index (κ1) is 21.6. The first-order chi connectivity index (χ1) is 13.0. The SMILES string of the molecule is CC(C)c1cccc(C(C)C)c1NC(=O)NS(=O)(=O)c1ncc(N(C)C)cn1. The lowest BCUT2D eigenvalue weighted by Gasteiger charge is -2.20. The van der Waals surface area contributed by atoms with Gasteiger partial charge in [-0.3, -0.25) is 0 Å². The fraction of sp³-hybridized carbons (Fsp3) is 0.421. The Morgan fingerprint density at radius 3 is 1.93 bits per heavy atom. The Bertz CT molecular complexity index is 912. The minimum atomic E-state index is -4.19. The number of rotatable bonds is 6. The summed E-state index contributed by atoms with van der Waals surface area (Å²) in [6.45, 7) is 8.05. The van der Waals surface area contributed by atoms with Crippen molar-refractivity contribution in [1.29, 1.82) is 0 Å². The minimum Gasteiger partial charge on any atom is -0.375 e. The molecule has 0 bridgehead atoms. The lowest BCUT2D eigenvalue weighted by Crippen LogP contribution is -2.36. The van der Waals surface area contributed by atoms with Gasteiger partial charge in [-0.15, -0.1) is 0 Å².